The van der Waals surface area contributed by atoms with Crippen LogP contribution in [0.2, 0.25) is 0 Å². The minimum Gasteiger partial charge on any atom is -0.486 e. The topological polar surface area (TPSA) is 72.7 Å². The summed E-state index contributed by atoms with van der Waals surface area (Å²) >= 11 is 1.56. The predicted molar refractivity (Wildman–Crippen MR) is 118 cm³/mol. The molecule has 1 saturated heterocycles. The first-order valence-corrected chi connectivity index (χ1v) is 12.2. The van der Waals surface area contributed by atoms with E-state index in [2.05, 4.69) is 19.7 Å². The highest BCUT2D eigenvalue weighted by Gasteiger charge is 2.24. The number of carbonyl (C=O) groups excluding carboxylic acids is 1. The molecule has 31 heavy (non-hydrogen) atoms. The van der Waals surface area contributed by atoms with Gasteiger partial charge in [0.2, 0.25) is 5.91 Å². The lowest BCUT2D eigenvalue weighted by Crippen LogP contribution is -2.49. The number of piperazine rings is 1. The van der Waals surface area contributed by atoms with E-state index in [-0.39, 0.29) is 5.91 Å². The van der Waals surface area contributed by atoms with Crippen molar-refractivity contribution >= 4 is 17.7 Å². The number of amides is 1. The molecular formula is C22H29N5O3S. The zero-order valence-electron chi connectivity index (χ0n) is 17.8. The predicted octanol–water partition coefficient (Wildman–Crippen LogP) is 2.21. The van der Waals surface area contributed by atoms with Gasteiger partial charge in [-0.3, -0.25) is 9.69 Å². The van der Waals surface area contributed by atoms with Gasteiger partial charge in [-0.2, -0.15) is 0 Å². The molecule has 0 saturated carbocycles. The van der Waals surface area contributed by atoms with Crippen LogP contribution in [-0.4, -0.2) is 75.6 Å². The number of rotatable bonds is 5. The molecule has 1 aromatic carbocycles. The molecule has 3 aliphatic heterocycles. The van der Waals surface area contributed by atoms with E-state index >= 15 is 0 Å². The van der Waals surface area contributed by atoms with E-state index < -0.39 is 0 Å². The number of hydrogen-bond acceptors (Lipinski definition) is 7. The summed E-state index contributed by atoms with van der Waals surface area (Å²) in [5, 5.41) is 8.86. The SMILES string of the molecule is O=C(CSc1ccc2c(c1)OCCO2)N1CCN(Cc2nnc3n2CCCCC3)CC1. The van der Waals surface area contributed by atoms with Crippen molar-refractivity contribution in [2.45, 2.75) is 43.7 Å². The highest BCUT2D eigenvalue weighted by molar-refractivity contribution is 8.00. The van der Waals surface area contributed by atoms with Crippen molar-refractivity contribution in [1.82, 2.24) is 24.6 Å². The van der Waals surface area contributed by atoms with Crippen LogP contribution in [-0.2, 0) is 24.3 Å². The van der Waals surface area contributed by atoms with Crippen molar-refractivity contribution < 1.29 is 14.3 Å². The highest BCUT2D eigenvalue weighted by Crippen LogP contribution is 2.34. The molecule has 8 nitrogen and oxygen atoms in total. The maximum Gasteiger partial charge on any atom is 0.233 e. The Labute approximate surface area is 186 Å². The lowest BCUT2D eigenvalue weighted by atomic mass is 10.2. The molecule has 4 heterocycles. The van der Waals surface area contributed by atoms with Crippen LogP contribution in [0.4, 0.5) is 0 Å². The summed E-state index contributed by atoms with van der Waals surface area (Å²) < 4.78 is 13.5. The van der Waals surface area contributed by atoms with Gasteiger partial charge in [0.05, 0.1) is 12.3 Å². The van der Waals surface area contributed by atoms with Gasteiger partial charge in [0.15, 0.2) is 11.5 Å². The van der Waals surface area contributed by atoms with Crippen molar-refractivity contribution in [1.29, 1.82) is 0 Å². The number of ether oxygens (including phenoxy) is 2. The third kappa shape index (κ3) is 4.82. The van der Waals surface area contributed by atoms with Gasteiger partial charge in [0.1, 0.15) is 24.9 Å². The quantitative estimate of drug-likeness (QED) is 0.656. The van der Waals surface area contributed by atoms with Crippen molar-refractivity contribution in [3.05, 3.63) is 29.8 Å². The van der Waals surface area contributed by atoms with Gasteiger partial charge in [-0.15, -0.1) is 22.0 Å². The summed E-state index contributed by atoms with van der Waals surface area (Å²) in [6, 6.07) is 5.88. The van der Waals surface area contributed by atoms with Crippen molar-refractivity contribution in [2.24, 2.45) is 0 Å². The summed E-state index contributed by atoms with van der Waals surface area (Å²) in [5.74, 6) is 4.39. The monoisotopic (exact) mass is 443 g/mol. The van der Waals surface area contributed by atoms with Crippen LogP contribution < -0.4 is 9.47 Å². The maximum absolute atomic E-state index is 12.7. The van der Waals surface area contributed by atoms with Crippen LogP contribution in [0.25, 0.3) is 0 Å². The fraction of sp³-hybridized carbons (Fsp3) is 0.591. The van der Waals surface area contributed by atoms with Gasteiger partial charge in [0.25, 0.3) is 0 Å². The van der Waals surface area contributed by atoms with E-state index in [0.717, 1.165) is 73.7 Å². The molecule has 5 rings (SSSR count). The molecular weight excluding hydrogens is 414 g/mol. The molecule has 1 amide bonds. The Balaban J connectivity index is 1.10. The Morgan fingerprint density at radius 2 is 1.81 bits per heavy atom. The zero-order chi connectivity index (χ0) is 21.0. The van der Waals surface area contributed by atoms with Crippen molar-refractivity contribution in [3.8, 4) is 11.5 Å². The lowest BCUT2D eigenvalue weighted by Gasteiger charge is -2.34. The second kappa shape index (κ2) is 9.48. The number of hydrogen-bond donors (Lipinski definition) is 0. The number of thioether (sulfide) groups is 1. The Bertz CT molecular complexity index is 926. The van der Waals surface area contributed by atoms with E-state index in [1.807, 2.05) is 23.1 Å². The van der Waals surface area contributed by atoms with E-state index in [1.54, 1.807) is 11.8 Å². The van der Waals surface area contributed by atoms with Gasteiger partial charge in [-0.25, -0.2) is 0 Å². The summed E-state index contributed by atoms with van der Waals surface area (Å²) in [6.45, 7) is 6.30. The van der Waals surface area contributed by atoms with Crippen LogP contribution in [0, 0.1) is 0 Å². The maximum atomic E-state index is 12.7. The standard InChI is InChI=1S/C22H29N5O3S/c28-22(16-31-17-5-6-18-19(14-17)30-13-12-29-18)26-10-8-25(9-11-26)15-21-24-23-20-4-2-1-3-7-27(20)21/h5-6,14H,1-4,7-13,15-16H2. The van der Waals surface area contributed by atoms with Crippen LogP contribution in [0.5, 0.6) is 11.5 Å². The Hall–Kier alpha value is -2.26. The van der Waals surface area contributed by atoms with Crippen molar-refractivity contribution in [3.63, 3.8) is 0 Å². The van der Waals surface area contributed by atoms with E-state index in [1.165, 1.54) is 19.3 Å². The Morgan fingerprint density at radius 3 is 2.68 bits per heavy atom. The van der Waals surface area contributed by atoms with E-state index in [4.69, 9.17) is 9.47 Å². The highest BCUT2D eigenvalue weighted by atomic mass is 32.2. The number of aryl methyl sites for hydroxylation is 1. The zero-order valence-corrected chi connectivity index (χ0v) is 18.6. The minimum absolute atomic E-state index is 0.191. The second-order valence-electron chi connectivity index (χ2n) is 8.25. The third-order valence-electron chi connectivity index (χ3n) is 6.15. The summed E-state index contributed by atoms with van der Waals surface area (Å²) in [4.78, 5) is 18.1. The largest absolute Gasteiger partial charge is 0.486 e. The fourth-order valence-corrected chi connectivity index (χ4v) is 5.19. The third-order valence-corrected chi connectivity index (χ3v) is 7.13. The van der Waals surface area contributed by atoms with Gasteiger partial charge < -0.3 is 18.9 Å². The molecule has 0 aliphatic carbocycles. The molecule has 1 fully saturated rings. The van der Waals surface area contributed by atoms with Gasteiger partial charge in [0, 0.05) is 44.0 Å². The molecule has 0 atom stereocenters. The van der Waals surface area contributed by atoms with Crippen LogP contribution in [0.3, 0.4) is 0 Å². The second-order valence-corrected chi connectivity index (χ2v) is 9.29. The number of fused-ring (bicyclic) bond motifs is 2. The van der Waals surface area contributed by atoms with Crippen LogP contribution >= 0.6 is 11.8 Å². The first-order chi connectivity index (χ1) is 15.3. The van der Waals surface area contributed by atoms with Gasteiger partial charge in [-0.05, 0) is 31.0 Å². The van der Waals surface area contributed by atoms with E-state index in [9.17, 15) is 4.79 Å². The molecule has 166 valence electrons. The van der Waals surface area contributed by atoms with Crippen LogP contribution in [0.15, 0.2) is 23.1 Å². The number of benzene rings is 1. The van der Waals surface area contributed by atoms with Crippen LogP contribution in [0.1, 0.15) is 30.9 Å². The molecule has 0 radical (unpaired) electrons. The summed E-state index contributed by atoms with van der Waals surface area (Å²) in [7, 11) is 0. The minimum atomic E-state index is 0.191. The Morgan fingerprint density at radius 1 is 0.968 bits per heavy atom. The molecule has 2 aromatic rings. The average molecular weight is 444 g/mol. The average Bonchev–Trinajstić information content (AvgIpc) is 3.03. The summed E-state index contributed by atoms with van der Waals surface area (Å²) in [6.07, 6.45) is 4.73. The summed E-state index contributed by atoms with van der Waals surface area (Å²) in [5.41, 5.74) is 0. The fourth-order valence-electron chi connectivity index (χ4n) is 4.37. The first kappa shape index (κ1) is 20.6. The molecule has 0 N–H and O–H groups in total. The molecule has 1 aromatic heterocycles. The first-order valence-electron chi connectivity index (χ1n) is 11.2. The smallest absolute Gasteiger partial charge is 0.233 e. The van der Waals surface area contributed by atoms with E-state index in [0.29, 0.717) is 19.0 Å². The lowest BCUT2D eigenvalue weighted by molar-refractivity contribution is -0.130. The number of nitrogens with zero attached hydrogens (tertiary/aromatic N) is 5. The molecule has 0 spiro atoms. The van der Waals surface area contributed by atoms with Gasteiger partial charge in [-0.1, -0.05) is 6.42 Å². The normalized spacial score (nSPS) is 19.0. The molecule has 0 unspecified atom stereocenters. The molecule has 3 aliphatic rings. The number of aromatic nitrogens is 3. The van der Waals surface area contributed by atoms with Gasteiger partial charge >= 0.3 is 0 Å². The number of carbonyl (C=O) groups is 1. The van der Waals surface area contributed by atoms with Crippen molar-refractivity contribution in [2.75, 3.05) is 45.1 Å². The molecule has 9 heteroatoms. The molecule has 0 bridgehead atoms. The Kier molecular flexibility index (Phi) is 6.31.